The SMILES string of the molecule is C[C@@]12CC[C@H](O)C[C@H]1CC[C@@H]1[C@@H]2CC[C@]2(C)[C@H](c3ccc(=O)oc3)[C@@H](O)[C@H]3O[C@]132. The lowest BCUT2D eigenvalue weighted by molar-refractivity contribution is -0.143. The Morgan fingerprint density at radius 3 is 2.62 bits per heavy atom. The van der Waals surface area contributed by atoms with E-state index in [9.17, 15) is 15.0 Å². The maximum absolute atomic E-state index is 11.5. The van der Waals surface area contributed by atoms with Gasteiger partial charge in [-0.3, -0.25) is 0 Å². The summed E-state index contributed by atoms with van der Waals surface area (Å²) >= 11 is 0. The van der Waals surface area contributed by atoms with Gasteiger partial charge in [-0.05, 0) is 79.7 Å². The van der Waals surface area contributed by atoms with Crippen LogP contribution in [0, 0.1) is 28.6 Å². The van der Waals surface area contributed by atoms with Crippen molar-refractivity contribution in [1.29, 1.82) is 0 Å². The maximum atomic E-state index is 11.5. The lowest BCUT2D eigenvalue weighted by atomic mass is 9.44. The molecule has 5 nitrogen and oxygen atoms in total. The molecule has 2 N–H and O–H groups in total. The Labute approximate surface area is 171 Å². The van der Waals surface area contributed by atoms with Crippen LogP contribution in [0.1, 0.15) is 70.3 Å². The van der Waals surface area contributed by atoms with Gasteiger partial charge in [-0.2, -0.15) is 0 Å². The summed E-state index contributed by atoms with van der Waals surface area (Å²) in [5, 5.41) is 21.5. The van der Waals surface area contributed by atoms with Gasteiger partial charge in [0.25, 0.3) is 0 Å². The van der Waals surface area contributed by atoms with E-state index in [1.165, 1.54) is 6.07 Å². The minimum Gasteiger partial charge on any atom is -0.431 e. The molecule has 29 heavy (non-hydrogen) atoms. The van der Waals surface area contributed by atoms with Crippen molar-refractivity contribution in [2.75, 3.05) is 0 Å². The molecule has 10 atom stereocenters. The van der Waals surface area contributed by atoms with Gasteiger partial charge in [-0.15, -0.1) is 0 Å². The summed E-state index contributed by atoms with van der Waals surface area (Å²) in [5.74, 6) is 1.63. The molecule has 0 radical (unpaired) electrons. The van der Waals surface area contributed by atoms with Crippen molar-refractivity contribution in [1.82, 2.24) is 0 Å². The Morgan fingerprint density at radius 2 is 1.86 bits per heavy atom. The minimum absolute atomic E-state index is 0.0507. The Hall–Kier alpha value is -1.17. The van der Waals surface area contributed by atoms with Crippen molar-refractivity contribution in [3.05, 3.63) is 34.4 Å². The van der Waals surface area contributed by atoms with Gasteiger partial charge in [0, 0.05) is 17.4 Å². The largest absolute Gasteiger partial charge is 0.431 e. The summed E-state index contributed by atoms with van der Waals surface area (Å²) < 4.78 is 11.6. The van der Waals surface area contributed by atoms with Crippen LogP contribution >= 0.6 is 0 Å². The highest BCUT2D eigenvalue weighted by atomic mass is 16.6. The van der Waals surface area contributed by atoms with Crippen molar-refractivity contribution in [2.24, 2.45) is 28.6 Å². The predicted octanol–water partition coefficient (Wildman–Crippen LogP) is 3.23. The third-order valence-electron chi connectivity index (χ3n) is 10.2. The molecule has 0 unspecified atom stereocenters. The van der Waals surface area contributed by atoms with Crippen LogP contribution in [0.5, 0.6) is 0 Å². The Kier molecular flexibility index (Phi) is 3.68. The number of aliphatic hydroxyl groups is 2. The molecule has 1 aliphatic heterocycles. The molecule has 5 heteroatoms. The van der Waals surface area contributed by atoms with Gasteiger partial charge in [-0.25, -0.2) is 4.79 Å². The highest BCUT2D eigenvalue weighted by Crippen LogP contribution is 2.77. The second-order valence-electron chi connectivity index (χ2n) is 11.1. The van der Waals surface area contributed by atoms with Gasteiger partial charge >= 0.3 is 5.63 Å². The zero-order chi connectivity index (χ0) is 20.2. The number of rotatable bonds is 1. The second kappa shape index (κ2) is 5.74. The maximum Gasteiger partial charge on any atom is 0.335 e. The molecule has 0 bridgehead atoms. The van der Waals surface area contributed by atoms with E-state index in [0.717, 1.165) is 50.5 Å². The van der Waals surface area contributed by atoms with Crippen molar-refractivity contribution < 1.29 is 19.4 Å². The molecule has 4 aliphatic carbocycles. The number of hydrogen-bond donors (Lipinski definition) is 2. The summed E-state index contributed by atoms with van der Waals surface area (Å²) in [6, 6.07) is 3.30. The van der Waals surface area contributed by atoms with Gasteiger partial charge < -0.3 is 19.4 Å². The van der Waals surface area contributed by atoms with Crippen molar-refractivity contribution >= 4 is 0 Å². The third-order valence-corrected chi connectivity index (χ3v) is 10.2. The van der Waals surface area contributed by atoms with E-state index in [-0.39, 0.29) is 40.2 Å². The fraction of sp³-hybridized carbons (Fsp3) is 0.792. The highest BCUT2D eigenvalue weighted by molar-refractivity contribution is 5.38. The number of epoxide rings is 1. The molecule has 0 aromatic carbocycles. The molecule has 0 amide bonds. The molecule has 2 heterocycles. The summed E-state index contributed by atoms with van der Waals surface area (Å²) in [5.41, 5.74) is 0.457. The first kappa shape index (κ1) is 18.6. The van der Waals surface area contributed by atoms with Crippen molar-refractivity contribution in [2.45, 2.75) is 88.6 Å². The second-order valence-corrected chi connectivity index (χ2v) is 11.1. The van der Waals surface area contributed by atoms with Gasteiger partial charge in [0.1, 0.15) is 11.7 Å². The Morgan fingerprint density at radius 1 is 1.03 bits per heavy atom. The van der Waals surface area contributed by atoms with Gasteiger partial charge in [0.15, 0.2) is 0 Å². The Bertz CT molecular complexity index is 875. The van der Waals surface area contributed by atoms with Crippen molar-refractivity contribution in [3.8, 4) is 0 Å². The topological polar surface area (TPSA) is 83.2 Å². The van der Waals surface area contributed by atoms with Gasteiger partial charge in [0.2, 0.25) is 0 Å². The standard InChI is InChI=1S/C24H32O5/c1-22-9-7-15(25)11-14(22)4-5-17-16(22)8-10-23(2)19(13-3-6-18(26)28-12-13)20(27)21-24(17,23)29-21/h3,6,12,14-17,19-21,25,27H,4-5,7-11H2,1-2H3/t14-,15+,16+,17-,19-,20-,21-,22-,23-,24-/m1/s1. The molecule has 5 fully saturated rings. The van der Waals surface area contributed by atoms with Gasteiger partial charge in [-0.1, -0.05) is 13.8 Å². The number of fused-ring (bicyclic) bond motifs is 3. The lowest BCUT2D eigenvalue weighted by Gasteiger charge is -2.61. The zero-order valence-electron chi connectivity index (χ0n) is 17.3. The first-order valence-electron chi connectivity index (χ1n) is 11.4. The van der Waals surface area contributed by atoms with Crippen LogP contribution in [0.3, 0.4) is 0 Å². The first-order chi connectivity index (χ1) is 13.8. The number of aliphatic hydroxyl groups excluding tert-OH is 2. The van der Waals surface area contributed by atoms with Crippen LogP contribution < -0.4 is 5.63 Å². The quantitative estimate of drug-likeness (QED) is 0.707. The molecular formula is C24H32O5. The monoisotopic (exact) mass is 400 g/mol. The first-order valence-corrected chi connectivity index (χ1v) is 11.4. The molecule has 4 saturated carbocycles. The van der Waals surface area contributed by atoms with Crippen LogP contribution in [-0.4, -0.2) is 34.1 Å². The van der Waals surface area contributed by atoms with E-state index < -0.39 is 6.10 Å². The number of ether oxygens (including phenoxy) is 1. The predicted molar refractivity (Wildman–Crippen MR) is 106 cm³/mol. The molecule has 1 aromatic heterocycles. The van der Waals surface area contributed by atoms with Crippen LogP contribution in [0.4, 0.5) is 0 Å². The summed E-state index contributed by atoms with van der Waals surface area (Å²) in [7, 11) is 0. The average Bonchev–Trinajstić information content (AvgIpc) is 3.40. The molecule has 6 rings (SSSR count). The van der Waals surface area contributed by atoms with Crippen molar-refractivity contribution in [3.63, 3.8) is 0 Å². The summed E-state index contributed by atoms with van der Waals surface area (Å²) in [4.78, 5) is 11.5. The van der Waals surface area contributed by atoms with Gasteiger partial charge in [0.05, 0.1) is 18.5 Å². The molecule has 5 aliphatic rings. The smallest absolute Gasteiger partial charge is 0.335 e. The van der Waals surface area contributed by atoms with E-state index in [0.29, 0.717) is 17.8 Å². The number of hydrogen-bond acceptors (Lipinski definition) is 5. The molecule has 1 aromatic rings. The Balaban J connectivity index is 1.38. The lowest BCUT2D eigenvalue weighted by Crippen LogP contribution is -2.58. The fourth-order valence-electron chi connectivity index (χ4n) is 8.81. The highest BCUT2D eigenvalue weighted by Gasteiger charge is 2.83. The molecule has 1 saturated heterocycles. The molecule has 158 valence electrons. The van der Waals surface area contributed by atoms with Crippen LogP contribution in [0.2, 0.25) is 0 Å². The van der Waals surface area contributed by atoms with E-state index in [1.807, 2.05) is 6.07 Å². The zero-order valence-corrected chi connectivity index (χ0v) is 17.3. The third kappa shape index (κ3) is 2.14. The van der Waals surface area contributed by atoms with E-state index in [4.69, 9.17) is 9.15 Å². The van der Waals surface area contributed by atoms with Crippen LogP contribution in [-0.2, 0) is 4.74 Å². The summed E-state index contributed by atoms with van der Waals surface area (Å²) in [6.45, 7) is 4.76. The molecular weight excluding hydrogens is 368 g/mol. The van der Waals surface area contributed by atoms with Crippen LogP contribution in [0.25, 0.3) is 0 Å². The van der Waals surface area contributed by atoms with E-state index in [2.05, 4.69) is 13.8 Å². The molecule has 1 spiro atoms. The minimum atomic E-state index is -0.551. The summed E-state index contributed by atoms with van der Waals surface area (Å²) in [6.07, 6.45) is 8.19. The van der Waals surface area contributed by atoms with Crippen LogP contribution in [0.15, 0.2) is 27.6 Å². The fourth-order valence-corrected chi connectivity index (χ4v) is 8.81. The average molecular weight is 401 g/mol. The van der Waals surface area contributed by atoms with E-state index >= 15 is 0 Å². The normalized spacial score (nSPS) is 55.4. The van der Waals surface area contributed by atoms with E-state index in [1.54, 1.807) is 6.26 Å².